The molecule has 1 aromatic rings. The fraction of sp³-hybridized carbons (Fsp3) is 0.542. The van der Waals surface area contributed by atoms with Gasteiger partial charge in [0.1, 0.15) is 5.75 Å². The lowest BCUT2D eigenvalue weighted by Gasteiger charge is -2.44. The van der Waals surface area contributed by atoms with Crippen molar-refractivity contribution >= 4 is 5.97 Å². The third kappa shape index (κ3) is 4.95. The van der Waals surface area contributed by atoms with Gasteiger partial charge in [-0.3, -0.25) is 4.79 Å². The molecule has 27 heavy (non-hydrogen) atoms. The summed E-state index contributed by atoms with van der Waals surface area (Å²) in [5, 5.41) is 9.08. The van der Waals surface area contributed by atoms with Gasteiger partial charge in [0.25, 0.3) is 0 Å². The highest BCUT2D eigenvalue weighted by atomic mass is 16.5. The highest BCUT2D eigenvalue weighted by molar-refractivity contribution is 5.69. The van der Waals surface area contributed by atoms with Crippen LogP contribution in [0.1, 0.15) is 69.8 Å². The van der Waals surface area contributed by atoms with Crippen LogP contribution >= 0.6 is 0 Å². The Balaban J connectivity index is 1.63. The SMILES string of the molecule is CC#CC(CC(=O)O)c1ccc(OC[C@H]2C=CCCC23CCCCC3)cc1. The molecule has 2 aliphatic rings. The molecular formula is C24H30O3. The highest BCUT2D eigenvalue weighted by Crippen LogP contribution is 2.49. The van der Waals surface area contributed by atoms with Crippen LogP contribution in [0.3, 0.4) is 0 Å². The number of ether oxygens (including phenoxy) is 1. The zero-order valence-corrected chi connectivity index (χ0v) is 16.2. The number of hydrogen-bond donors (Lipinski definition) is 1. The predicted octanol–water partition coefficient (Wildman–Crippen LogP) is 5.56. The molecular weight excluding hydrogens is 336 g/mol. The summed E-state index contributed by atoms with van der Waals surface area (Å²) in [5.41, 5.74) is 1.37. The summed E-state index contributed by atoms with van der Waals surface area (Å²) in [5.74, 6) is 6.07. The number of carboxylic acids is 1. The summed E-state index contributed by atoms with van der Waals surface area (Å²) in [6, 6.07) is 7.78. The van der Waals surface area contributed by atoms with Crippen molar-refractivity contribution < 1.29 is 14.6 Å². The molecule has 0 bridgehead atoms. The van der Waals surface area contributed by atoms with Crippen molar-refractivity contribution in [3.05, 3.63) is 42.0 Å². The van der Waals surface area contributed by atoms with E-state index in [1.165, 1.54) is 44.9 Å². The monoisotopic (exact) mass is 366 g/mol. The molecule has 3 nitrogen and oxygen atoms in total. The van der Waals surface area contributed by atoms with E-state index >= 15 is 0 Å². The lowest BCUT2D eigenvalue weighted by atomic mass is 9.62. The molecule has 1 unspecified atom stereocenters. The van der Waals surface area contributed by atoms with Crippen molar-refractivity contribution in [2.24, 2.45) is 11.3 Å². The molecule has 1 fully saturated rings. The summed E-state index contributed by atoms with van der Waals surface area (Å²) >= 11 is 0. The van der Waals surface area contributed by atoms with Crippen molar-refractivity contribution in [2.45, 2.75) is 64.2 Å². The Bertz CT molecular complexity index is 714. The second-order valence-electron chi connectivity index (χ2n) is 7.92. The number of carbonyl (C=O) groups is 1. The van der Waals surface area contributed by atoms with E-state index in [2.05, 4.69) is 24.0 Å². The minimum absolute atomic E-state index is 0.0242. The van der Waals surface area contributed by atoms with Crippen LogP contribution in [0.2, 0.25) is 0 Å². The molecule has 0 amide bonds. The summed E-state index contributed by atoms with van der Waals surface area (Å²) in [4.78, 5) is 11.1. The van der Waals surface area contributed by atoms with E-state index in [1.54, 1.807) is 6.92 Å². The maximum atomic E-state index is 11.1. The van der Waals surface area contributed by atoms with Crippen molar-refractivity contribution in [1.82, 2.24) is 0 Å². The van der Waals surface area contributed by atoms with Gasteiger partial charge in [-0.2, -0.15) is 0 Å². The number of hydrogen-bond acceptors (Lipinski definition) is 2. The van der Waals surface area contributed by atoms with Crippen molar-refractivity contribution in [3.63, 3.8) is 0 Å². The lowest BCUT2D eigenvalue weighted by molar-refractivity contribution is -0.137. The number of aliphatic carboxylic acids is 1. The molecule has 1 saturated carbocycles. The van der Waals surface area contributed by atoms with Gasteiger partial charge in [0.2, 0.25) is 0 Å². The van der Waals surface area contributed by atoms with E-state index < -0.39 is 5.97 Å². The minimum Gasteiger partial charge on any atom is -0.493 e. The van der Waals surface area contributed by atoms with Gasteiger partial charge in [-0.05, 0) is 55.7 Å². The number of carboxylic acid groups (broad SMARTS) is 1. The molecule has 0 aromatic heterocycles. The number of benzene rings is 1. The molecule has 0 aliphatic heterocycles. The van der Waals surface area contributed by atoms with Gasteiger partial charge < -0.3 is 9.84 Å². The maximum Gasteiger partial charge on any atom is 0.304 e. The minimum atomic E-state index is -0.829. The van der Waals surface area contributed by atoms with Gasteiger partial charge in [0.05, 0.1) is 18.9 Å². The van der Waals surface area contributed by atoms with Crippen LogP contribution in [0, 0.1) is 23.2 Å². The Morgan fingerprint density at radius 2 is 1.96 bits per heavy atom. The topological polar surface area (TPSA) is 46.5 Å². The van der Waals surface area contributed by atoms with Crippen molar-refractivity contribution in [1.29, 1.82) is 0 Å². The normalized spacial score (nSPS) is 21.9. The van der Waals surface area contributed by atoms with Gasteiger partial charge in [0.15, 0.2) is 0 Å². The van der Waals surface area contributed by atoms with Crippen LogP contribution in [-0.2, 0) is 4.79 Å². The second-order valence-corrected chi connectivity index (χ2v) is 7.92. The van der Waals surface area contributed by atoms with E-state index in [0.29, 0.717) is 11.3 Å². The molecule has 1 N–H and O–H groups in total. The summed E-state index contributed by atoms with van der Waals surface area (Å²) < 4.78 is 6.15. The summed E-state index contributed by atoms with van der Waals surface area (Å²) in [6.07, 6.45) is 13.9. The summed E-state index contributed by atoms with van der Waals surface area (Å²) in [7, 11) is 0. The van der Waals surface area contributed by atoms with E-state index in [-0.39, 0.29) is 12.3 Å². The first-order valence-electron chi connectivity index (χ1n) is 10.2. The van der Waals surface area contributed by atoms with Crippen LogP contribution in [0.4, 0.5) is 0 Å². The molecule has 3 rings (SSSR count). The lowest BCUT2D eigenvalue weighted by Crippen LogP contribution is -2.37. The van der Waals surface area contributed by atoms with Gasteiger partial charge in [-0.25, -0.2) is 0 Å². The first kappa shape index (κ1) is 19.5. The van der Waals surface area contributed by atoms with E-state index in [9.17, 15) is 4.79 Å². The third-order valence-electron chi connectivity index (χ3n) is 6.22. The standard InChI is InChI=1S/C24H30O3/c1-2-8-20(17-23(25)26)19-10-12-22(13-11-19)27-18-21-9-4-7-16-24(21)14-5-3-6-15-24/h4,9-13,20-21H,3,5-7,14-18H2,1H3,(H,25,26)/t20?,21-/m1/s1. The fourth-order valence-corrected chi connectivity index (χ4v) is 4.71. The second kappa shape index (κ2) is 9.13. The smallest absolute Gasteiger partial charge is 0.304 e. The Labute approximate surface area is 162 Å². The van der Waals surface area contributed by atoms with E-state index in [0.717, 1.165) is 17.9 Å². The zero-order chi connectivity index (χ0) is 19.1. The average Bonchev–Trinajstić information content (AvgIpc) is 2.68. The Kier molecular flexibility index (Phi) is 6.61. The van der Waals surface area contributed by atoms with E-state index in [4.69, 9.17) is 9.84 Å². The third-order valence-corrected chi connectivity index (χ3v) is 6.22. The van der Waals surface area contributed by atoms with Crippen LogP contribution in [-0.4, -0.2) is 17.7 Å². The van der Waals surface area contributed by atoms with E-state index in [1.807, 2.05) is 24.3 Å². The van der Waals surface area contributed by atoms with Crippen LogP contribution < -0.4 is 4.74 Å². The molecule has 0 saturated heterocycles. The molecule has 1 aromatic carbocycles. The zero-order valence-electron chi connectivity index (χ0n) is 16.2. The Morgan fingerprint density at radius 1 is 1.22 bits per heavy atom. The average molecular weight is 367 g/mol. The molecule has 2 atom stereocenters. The maximum absolute atomic E-state index is 11.1. The number of rotatable bonds is 6. The van der Waals surface area contributed by atoms with Gasteiger partial charge in [-0.1, -0.05) is 49.5 Å². The van der Waals surface area contributed by atoms with Crippen LogP contribution in [0.25, 0.3) is 0 Å². The fourth-order valence-electron chi connectivity index (χ4n) is 4.71. The van der Waals surface area contributed by atoms with Crippen molar-refractivity contribution in [2.75, 3.05) is 6.61 Å². The molecule has 144 valence electrons. The largest absolute Gasteiger partial charge is 0.493 e. The first-order chi connectivity index (χ1) is 13.1. The van der Waals surface area contributed by atoms with Gasteiger partial charge in [-0.15, -0.1) is 5.92 Å². The van der Waals surface area contributed by atoms with Crippen LogP contribution in [0.5, 0.6) is 5.75 Å². The Hall–Kier alpha value is -2.21. The molecule has 2 aliphatic carbocycles. The predicted molar refractivity (Wildman–Crippen MR) is 108 cm³/mol. The summed E-state index contributed by atoms with van der Waals surface area (Å²) in [6.45, 7) is 2.47. The van der Waals surface area contributed by atoms with Gasteiger partial charge in [0, 0.05) is 5.92 Å². The number of allylic oxidation sites excluding steroid dienone is 1. The van der Waals surface area contributed by atoms with Crippen molar-refractivity contribution in [3.8, 4) is 17.6 Å². The molecule has 3 heteroatoms. The molecule has 0 heterocycles. The molecule has 0 radical (unpaired) electrons. The Morgan fingerprint density at radius 3 is 2.63 bits per heavy atom. The highest BCUT2D eigenvalue weighted by Gasteiger charge is 2.39. The first-order valence-corrected chi connectivity index (χ1v) is 10.2. The molecule has 1 spiro atoms. The quantitative estimate of drug-likeness (QED) is 0.529. The van der Waals surface area contributed by atoms with Crippen LogP contribution in [0.15, 0.2) is 36.4 Å². The van der Waals surface area contributed by atoms with Gasteiger partial charge >= 0.3 is 5.97 Å².